The lowest BCUT2D eigenvalue weighted by molar-refractivity contribution is 0.253. The summed E-state index contributed by atoms with van der Waals surface area (Å²) in [4.78, 5) is 0. The summed E-state index contributed by atoms with van der Waals surface area (Å²) in [6.45, 7) is 0.493. The summed E-state index contributed by atoms with van der Waals surface area (Å²) in [5, 5.41) is 0. The molecule has 1 aliphatic rings. The fourth-order valence-corrected chi connectivity index (χ4v) is 3.14. The van der Waals surface area contributed by atoms with Gasteiger partial charge >= 0.3 is 0 Å². The number of nitrogens with two attached hydrogens (primary N) is 1. The molecule has 2 aromatic rings. The molecule has 0 fully saturated rings. The first-order valence-electron chi connectivity index (χ1n) is 6.70. The monoisotopic (exact) mass is 353 g/mol. The third kappa shape index (κ3) is 2.56. The lowest BCUT2D eigenvalue weighted by Gasteiger charge is -2.30. The van der Waals surface area contributed by atoms with Crippen LogP contribution < -0.4 is 10.5 Å². The van der Waals surface area contributed by atoms with Crippen LogP contribution in [0.5, 0.6) is 5.75 Å². The third-order valence-corrected chi connectivity index (χ3v) is 4.46. The maximum absolute atomic E-state index is 14.2. The lowest BCUT2D eigenvalue weighted by Crippen LogP contribution is -2.27. The maximum atomic E-state index is 14.2. The molecule has 1 aliphatic heterocycles. The van der Waals surface area contributed by atoms with Crippen LogP contribution in [0.15, 0.2) is 40.9 Å². The summed E-state index contributed by atoms with van der Waals surface area (Å²) < 4.78 is 34.1. The molecule has 2 unspecified atom stereocenters. The Hall–Kier alpha value is -1.46. The standard InChI is InChI=1S/C16H14BrF2NO/c17-11-5-6-12(18)14(15(11)19)16(20)10-7-8-21-13-4-2-1-3-9(10)13/h1-6,10,16H,7-8,20H2. The SMILES string of the molecule is NC(c1c(F)ccc(Br)c1F)C1CCOc2ccccc21. The van der Waals surface area contributed by atoms with Crippen molar-refractivity contribution in [1.82, 2.24) is 0 Å². The van der Waals surface area contributed by atoms with Crippen molar-refractivity contribution in [3.63, 3.8) is 0 Å². The van der Waals surface area contributed by atoms with E-state index in [1.165, 1.54) is 12.1 Å². The molecule has 3 rings (SSSR count). The Morgan fingerprint density at radius 2 is 1.95 bits per heavy atom. The van der Waals surface area contributed by atoms with Crippen LogP contribution in [0.2, 0.25) is 0 Å². The Balaban J connectivity index is 2.05. The second-order valence-electron chi connectivity index (χ2n) is 5.06. The third-order valence-electron chi connectivity index (χ3n) is 3.85. The molecule has 0 spiro atoms. The molecular weight excluding hydrogens is 340 g/mol. The van der Waals surface area contributed by atoms with E-state index in [2.05, 4.69) is 15.9 Å². The quantitative estimate of drug-likeness (QED) is 0.817. The Kier molecular flexibility index (Phi) is 3.95. The van der Waals surface area contributed by atoms with Crippen molar-refractivity contribution < 1.29 is 13.5 Å². The van der Waals surface area contributed by atoms with Gasteiger partial charge in [-0.1, -0.05) is 18.2 Å². The highest BCUT2D eigenvalue weighted by molar-refractivity contribution is 9.10. The minimum atomic E-state index is -0.757. The molecule has 2 atom stereocenters. The van der Waals surface area contributed by atoms with Crippen molar-refractivity contribution in [2.45, 2.75) is 18.4 Å². The second kappa shape index (κ2) is 5.73. The molecule has 1 heterocycles. The Morgan fingerprint density at radius 1 is 1.19 bits per heavy atom. The predicted molar refractivity (Wildman–Crippen MR) is 80.3 cm³/mol. The number of ether oxygens (including phenoxy) is 1. The summed E-state index contributed by atoms with van der Waals surface area (Å²) in [7, 11) is 0. The van der Waals surface area contributed by atoms with Crippen molar-refractivity contribution >= 4 is 15.9 Å². The van der Waals surface area contributed by atoms with Crippen LogP contribution >= 0.6 is 15.9 Å². The molecule has 0 saturated heterocycles. The van der Waals surface area contributed by atoms with Gasteiger partial charge in [0.1, 0.15) is 17.4 Å². The molecule has 0 aliphatic carbocycles. The van der Waals surface area contributed by atoms with Crippen LogP contribution in [-0.2, 0) is 0 Å². The van der Waals surface area contributed by atoms with Crippen molar-refractivity contribution in [3.8, 4) is 5.75 Å². The first kappa shape index (κ1) is 14.5. The van der Waals surface area contributed by atoms with Crippen LogP contribution in [0.25, 0.3) is 0 Å². The molecule has 2 aromatic carbocycles. The zero-order chi connectivity index (χ0) is 15.0. The highest BCUT2D eigenvalue weighted by Gasteiger charge is 2.31. The summed E-state index contributed by atoms with van der Waals surface area (Å²) in [6.07, 6.45) is 0.629. The molecule has 2 N–H and O–H groups in total. The van der Waals surface area contributed by atoms with Crippen molar-refractivity contribution in [3.05, 3.63) is 63.6 Å². The average molecular weight is 354 g/mol. The van der Waals surface area contributed by atoms with Crippen LogP contribution in [0, 0.1) is 11.6 Å². The van der Waals surface area contributed by atoms with E-state index < -0.39 is 17.7 Å². The molecule has 0 bridgehead atoms. The van der Waals surface area contributed by atoms with Gasteiger partial charge < -0.3 is 10.5 Å². The van der Waals surface area contributed by atoms with Crippen molar-refractivity contribution in [1.29, 1.82) is 0 Å². The van der Waals surface area contributed by atoms with E-state index in [-0.39, 0.29) is 16.0 Å². The summed E-state index contributed by atoms with van der Waals surface area (Å²) >= 11 is 3.08. The van der Waals surface area contributed by atoms with Gasteiger partial charge in [-0.15, -0.1) is 0 Å². The number of para-hydroxylation sites is 1. The molecule has 110 valence electrons. The zero-order valence-electron chi connectivity index (χ0n) is 11.2. The fourth-order valence-electron chi connectivity index (χ4n) is 2.79. The molecule has 0 aromatic heterocycles. The minimum absolute atomic E-state index is 0.0777. The van der Waals surface area contributed by atoms with Crippen molar-refractivity contribution in [2.24, 2.45) is 5.73 Å². The largest absolute Gasteiger partial charge is 0.493 e. The first-order valence-corrected chi connectivity index (χ1v) is 7.49. The normalized spacial score (nSPS) is 18.8. The Labute approximate surface area is 130 Å². The minimum Gasteiger partial charge on any atom is -0.493 e. The highest BCUT2D eigenvalue weighted by Crippen LogP contribution is 2.42. The first-order chi connectivity index (χ1) is 10.1. The molecule has 5 heteroatoms. The van der Waals surface area contributed by atoms with Crippen LogP contribution in [0.3, 0.4) is 0 Å². The van der Waals surface area contributed by atoms with E-state index >= 15 is 0 Å². The summed E-state index contributed by atoms with van der Waals surface area (Å²) in [6, 6.07) is 9.31. The van der Waals surface area contributed by atoms with Gasteiger partial charge in [-0.25, -0.2) is 8.78 Å². The van der Waals surface area contributed by atoms with Crippen molar-refractivity contribution in [2.75, 3.05) is 6.61 Å². The zero-order valence-corrected chi connectivity index (χ0v) is 12.7. The number of benzene rings is 2. The van der Waals surface area contributed by atoms with E-state index in [0.717, 1.165) is 11.3 Å². The van der Waals surface area contributed by atoms with Gasteiger partial charge in [0.05, 0.1) is 11.1 Å². The predicted octanol–water partition coefficient (Wildman–Crippen LogP) is 4.29. The molecule has 21 heavy (non-hydrogen) atoms. The number of halogens is 3. The maximum Gasteiger partial charge on any atom is 0.145 e. The summed E-state index contributed by atoms with van der Waals surface area (Å²) in [5.41, 5.74) is 7.02. The van der Waals surface area contributed by atoms with E-state index in [1.807, 2.05) is 24.3 Å². The van der Waals surface area contributed by atoms with Gasteiger partial charge in [0, 0.05) is 17.5 Å². The Bertz CT molecular complexity index is 677. The van der Waals surface area contributed by atoms with Gasteiger partial charge in [0.25, 0.3) is 0 Å². The summed E-state index contributed by atoms with van der Waals surface area (Å²) in [5.74, 6) is -0.688. The highest BCUT2D eigenvalue weighted by atomic mass is 79.9. The smallest absolute Gasteiger partial charge is 0.145 e. The van der Waals surface area contributed by atoms with E-state index in [1.54, 1.807) is 0 Å². The Morgan fingerprint density at radius 3 is 2.76 bits per heavy atom. The molecular formula is C16H14BrF2NO. The van der Waals surface area contributed by atoms with Crippen LogP contribution in [-0.4, -0.2) is 6.61 Å². The molecule has 0 amide bonds. The number of rotatable bonds is 2. The van der Waals surface area contributed by atoms with Gasteiger partial charge in [-0.2, -0.15) is 0 Å². The van der Waals surface area contributed by atoms with Gasteiger partial charge in [-0.05, 0) is 46.1 Å². The lowest BCUT2D eigenvalue weighted by atomic mass is 9.83. The topological polar surface area (TPSA) is 35.2 Å². The number of hydrogen-bond acceptors (Lipinski definition) is 2. The molecule has 0 saturated carbocycles. The number of hydrogen-bond donors (Lipinski definition) is 1. The van der Waals surface area contributed by atoms with Gasteiger partial charge in [0.2, 0.25) is 0 Å². The second-order valence-corrected chi connectivity index (χ2v) is 5.92. The molecule has 0 radical (unpaired) electrons. The fraction of sp³-hybridized carbons (Fsp3) is 0.250. The van der Waals surface area contributed by atoms with Gasteiger partial charge in [0.15, 0.2) is 0 Å². The van der Waals surface area contributed by atoms with E-state index in [4.69, 9.17) is 10.5 Å². The van der Waals surface area contributed by atoms with E-state index in [0.29, 0.717) is 13.0 Å². The van der Waals surface area contributed by atoms with Crippen LogP contribution in [0.1, 0.15) is 29.5 Å². The van der Waals surface area contributed by atoms with E-state index in [9.17, 15) is 8.78 Å². The van der Waals surface area contributed by atoms with Gasteiger partial charge in [-0.3, -0.25) is 0 Å². The molecule has 2 nitrogen and oxygen atoms in total. The van der Waals surface area contributed by atoms with Crippen LogP contribution in [0.4, 0.5) is 8.78 Å². The average Bonchev–Trinajstić information content (AvgIpc) is 2.50. The number of fused-ring (bicyclic) bond motifs is 1.